The van der Waals surface area contributed by atoms with E-state index < -0.39 is 0 Å². The number of benzene rings is 3. The van der Waals surface area contributed by atoms with E-state index in [1.54, 1.807) is 35.2 Å². The SMILES string of the molecule is O=[N+]([O-])c1cccc(/C=C(\Sc2ccccc2)c2nc3ccccc3s2)c1. The zero-order valence-corrected chi connectivity index (χ0v) is 15.7. The summed E-state index contributed by atoms with van der Waals surface area (Å²) in [5, 5.41) is 12.0. The first-order chi connectivity index (χ1) is 13.2. The molecule has 27 heavy (non-hydrogen) atoms. The summed E-state index contributed by atoms with van der Waals surface area (Å²) in [5.74, 6) is 0. The summed E-state index contributed by atoms with van der Waals surface area (Å²) in [5.41, 5.74) is 1.81. The third-order valence-corrected chi connectivity index (χ3v) is 6.09. The Hall–Kier alpha value is -2.96. The van der Waals surface area contributed by atoms with Gasteiger partial charge in [0.1, 0.15) is 5.01 Å². The van der Waals surface area contributed by atoms with Crippen LogP contribution in [0.5, 0.6) is 0 Å². The Bertz CT molecular complexity index is 1100. The molecule has 0 aliphatic heterocycles. The molecule has 0 saturated heterocycles. The van der Waals surface area contributed by atoms with Crippen molar-refractivity contribution in [3.8, 4) is 0 Å². The minimum absolute atomic E-state index is 0.0807. The highest BCUT2D eigenvalue weighted by atomic mass is 32.2. The number of para-hydroxylation sites is 1. The first-order valence-electron chi connectivity index (χ1n) is 8.24. The number of rotatable bonds is 5. The van der Waals surface area contributed by atoms with Crippen molar-refractivity contribution >= 4 is 50.0 Å². The molecule has 6 heteroatoms. The lowest BCUT2D eigenvalue weighted by molar-refractivity contribution is -0.384. The van der Waals surface area contributed by atoms with Gasteiger partial charge in [0.2, 0.25) is 0 Å². The highest BCUT2D eigenvalue weighted by molar-refractivity contribution is 8.08. The first-order valence-corrected chi connectivity index (χ1v) is 9.87. The van der Waals surface area contributed by atoms with Gasteiger partial charge in [-0.25, -0.2) is 4.98 Å². The number of nitrogens with zero attached hydrogens (tertiary/aromatic N) is 2. The van der Waals surface area contributed by atoms with Gasteiger partial charge in [0.25, 0.3) is 5.69 Å². The van der Waals surface area contributed by atoms with Gasteiger partial charge < -0.3 is 0 Å². The summed E-state index contributed by atoms with van der Waals surface area (Å²) < 4.78 is 1.12. The highest BCUT2D eigenvalue weighted by Gasteiger charge is 2.12. The molecule has 0 aliphatic rings. The second-order valence-corrected chi connectivity index (χ2v) is 7.91. The van der Waals surface area contributed by atoms with E-state index in [9.17, 15) is 10.1 Å². The van der Waals surface area contributed by atoms with E-state index in [4.69, 9.17) is 4.98 Å². The minimum atomic E-state index is -0.376. The summed E-state index contributed by atoms with van der Waals surface area (Å²) in [6.45, 7) is 0. The molecular formula is C21H14N2O2S2. The van der Waals surface area contributed by atoms with E-state index in [0.29, 0.717) is 0 Å². The van der Waals surface area contributed by atoms with Crippen molar-refractivity contribution in [3.63, 3.8) is 0 Å². The second-order valence-electron chi connectivity index (χ2n) is 5.76. The third-order valence-electron chi connectivity index (χ3n) is 3.85. The van der Waals surface area contributed by atoms with Crippen molar-refractivity contribution in [1.29, 1.82) is 0 Å². The quantitative estimate of drug-likeness (QED) is 0.222. The molecule has 4 nitrogen and oxygen atoms in total. The van der Waals surface area contributed by atoms with Gasteiger partial charge in [-0.3, -0.25) is 10.1 Å². The smallest absolute Gasteiger partial charge is 0.258 e. The van der Waals surface area contributed by atoms with Crippen LogP contribution in [-0.4, -0.2) is 9.91 Å². The lowest BCUT2D eigenvalue weighted by Crippen LogP contribution is -1.88. The molecule has 0 N–H and O–H groups in total. The average Bonchev–Trinajstić information content (AvgIpc) is 3.13. The molecule has 0 spiro atoms. The van der Waals surface area contributed by atoms with Gasteiger partial charge in [-0.05, 0) is 35.9 Å². The largest absolute Gasteiger partial charge is 0.270 e. The summed E-state index contributed by atoms with van der Waals surface area (Å²) >= 11 is 3.23. The molecule has 0 saturated carbocycles. The van der Waals surface area contributed by atoms with E-state index in [2.05, 4.69) is 6.07 Å². The van der Waals surface area contributed by atoms with Gasteiger partial charge in [0.05, 0.1) is 15.1 Å². The number of thioether (sulfide) groups is 1. The molecule has 0 unspecified atom stereocenters. The van der Waals surface area contributed by atoms with Gasteiger partial charge in [-0.15, -0.1) is 11.3 Å². The van der Waals surface area contributed by atoms with Gasteiger partial charge in [0, 0.05) is 21.9 Å². The number of nitro groups is 1. The van der Waals surface area contributed by atoms with Crippen molar-refractivity contribution in [3.05, 3.63) is 99.5 Å². The number of hydrogen-bond donors (Lipinski definition) is 0. The molecule has 4 aromatic rings. The van der Waals surface area contributed by atoms with E-state index in [0.717, 1.165) is 30.6 Å². The van der Waals surface area contributed by atoms with E-state index in [1.807, 2.05) is 60.7 Å². The third kappa shape index (κ3) is 4.07. The number of non-ortho nitro benzene ring substituents is 1. The van der Waals surface area contributed by atoms with Gasteiger partial charge >= 0.3 is 0 Å². The summed E-state index contributed by atoms with van der Waals surface area (Å²) in [6, 6.07) is 24.7. The Morgan fingerprint density at radius 3 is 2.56 bits per heavy atom. The van der Waals surface area contributed by atoms with Crippen LogP contribution in [0.4, 0.5) is 5.69 Å². The van der Waals surface area contributed by atoms with Crippen LogP contribution >= 0.6 is 23.1 Å². The standard InChI is InChI=1S/C21H14N2O2S2/c24-23(25)16-8-6-7-15(13-16)14-20(26-17-9-2-1-3-10-17)21-22-18-11-4-5-12-19(18)27-21/h1-14H/b20-14-. The predicted molar refractivity (Wildman–Crippen MR) is 113 cm³/mol. The van der Waals surface area contributed by atoms with Crippen LogP contribution in [0.2, 0.25) is 0 Å². The maximum absolute atomic E-state index is 11.1. The van der Waals surface area contributed by atoms with Gasteiger partial charge in [-0.1, -0.05) is 54.2 Å². The van der Waals surface area contributed by atoms with Crippen LogP contribution in [0.15, 0.2) is 83.8 Å². The van der Waals surface area contributed by atoms with Crippen LogP contribution in [-0.2, 0) is 0 Å². The maximum Gasteiger partial charge on any atom is 0.270 e. The Morgan fingerprint density at radius 2 is 1.78 bits per heavy atom. The van der Waals surface area contributed by atoms with Crippen LogP contribution in [0, 0.1) is 10.1 Å². The molecule has 0 amide bonds. The summed E-state index contributed by atoms with van der Waals surface area (Å²) in [6.07, 6.45) is 1.96. The molecule has 4 rings (SSSR count). The van der Waals surface area contributed by atoms with Crippen molar-refractivity contribution < 1.29 is 4.92 Å². The van der Waals surface area contributed by atoms with Crippen LogP contribution in [0.1, 0.15) is 10.6 Å². The first kappa shape index (κ1) is 17.5. The number of aromatic nitrogens is 1. The second kappa shape index (κ2) is 7.73. The van der Waals surface area contributed by atoms with Crippen molar-refractivity contribution in [1.82, 2.24) is 4.98 Å². The zero-order valence-electron chi connectivity index (χ0n) is 14.1. The highest BCUT2D eigenvalue weighted by Crippen LogP contribution is 2.39. The molecule has 132 valence electrons. The lowest BCUT2D eigenvalue weighted by Gasteiger charge is -2.05. The molecule has 3 aromatic carbocycles. The van der Waals surface area contributed by atoms with E-state index >= 15 is 0 Å². The minimum Gasteiger partial charge on any atom is -0.258 e. The molecule has 0 aliphatic carbocycles. The molecule has 0 bridgehead atoms. The van der Waals surface area contributed by atoms with E-state index in [1.165, 1.54) is 6.07 Å². The molecule has 1 aromatic heterocycles. The normalized spacial score (nSPS) is 11.6. The Balaban J connectivity index is 1.80. The predicted octanol–water partition coefficient (Wildman–Crippen LogP) is 6.49. The monoisotopic (exact) mass is 390 g/mol. The topological polar surface area (TPSA) is 56.0 Å². The number of fused-ring (bicyclic) bond motifs is 1. The van der Waals surface area contributed by atoms with Crippen LogP contribution in [0.25, 0.3) is 21.2 Å². The number of thiazole rings is 1. The van der Waals surface area contributed by atoms with Gasteiger partial charge in [0.15, 0.2) is 0 Å². The Labute approximate surface area is 164 Å². The molecular weight excluding hydrogens is 376 g/mol. The Kier molecular flexibility index (Phi) is 5.00. The fourth-order valence-corrected chi connectivity index (χ4v) is 4.61. The molecule has 1 heterocycles. The van der Waals surface area contributed by atoms with Crippen LogP contribution in [0.3, 0.4) is 0 Å². The van der Waals surface area contributed by atoms with Crippen LogP contribution < -0.4 is 0 Å². The van der Waals surface area contributed by atoms with Crippen molar-refractivity contribution in [2.24, 2.45) is 0 Å². The van der Waals surface area contributed by atoms with Crippen molar-refractivity contribution in [2.75, 3.05) is 0 Å². The number of nitro benzene ring substituents is 1. The summed E-state index contributed by atoms with van der Waals surface area (Å²) in [7, 11) is 0. The lowest BCUT2D eigenvalue weighted by atomic mass is 10.2. The molecule has 0 radical (unpaired) electrons. The molecule has 0 fully saturated rings. The summed E-state index contributed by atoms with van der Waals surface area (Å²) in [4.78, 5) is 17.5. The maximum atomic E-state index is 11.1. The van der Waals surface area contributed by atoms with Crippen molar-refractivity contribution in [2.45, 2.75) is 4.90 Å². The van der Waals surface area contributed by atoms with E-state index in [-0.39, 0.29) is 10.6 Å². The fourth-order valence-electron chi connectivity index (χ4n) is 2.61. The zero-order chi connectivity index (χ0) is 18.6. The number of hydrogen-bond acceptors (Lipinski definition) is 5. The Morgan fingerprint density at radius 1 is 1.00 bits per heavy atom. The average molecular weight is 390 g/mol. The fraction of sp³-hybridized carbons (Fsp3) is 0. The van der Waals surface area contributed by atoms with Gasteiger partial charge in [-0.2, -0.15) is 0 Å². The molecule has 0 atom stereocenters.